The van der Waals surface area contributed by atoms with Gasteiger partial charge >= 0.3 is 16.1 Å². The zero-order chi connectivity index (χ0) is 24.6. The van der Waals surface area contributed by atoms with Crippen LogP contribution in [0.1, 0.15) is 63.4 Å². The Morgan fingerprint density at radius 1 is 0.970 bits per heavy atom. The molecule has 0 bridgehead atoms. The molecule has 0 aromatic heterocycles. The summed E-state index contributed by atoms with van der Waals surface area (Å²) >= 11 is 0. The Bertz CT molecular complexity index is 1040. The number of ether oxygens (including phenoxy) is 1. The summed E-state index contributed by atoms with van der Waals surface area (Å²) in [6.07, 6.45) is 1.55. The quantitative estimate of drug-likeness (QED) is 0.263. The molecule has 0 radical (unpaired) electrons. The highest BCUT2D eigenvalue weighted by Crippen LogP contribution is 2.23. The van der Waals surface area contributed by atoms with Gasteiger partial charge in [0.1, 0.15) is 10.6 Å². The first-order valence-corrected chi connectivity index (χ1v) is 12.6. The maximum absolute atomic E-state index is 12.9. The van der Waals surface area contributed by atoms with Gasteiger partial charge in [-0.2, -0.15) is 8.42 Å². The summed E-state index contributed by atoms with van der Waals surface area (Å²) in [4.78, 5) is 26.4. The molecule has 7 nitrogen and oxygen atoms in total. The zero-order valence-corrected chi connectivity index (χ0v) is 20.7. The Balaban J connectivity index is 2.18. The minimum Gasteiger partial charge on any atom is -0.462 e. The van der Waals surface area contributed by atoms with Crippen molar-refractivity contribution >= 4 is 22.0 Å². The lowest BCUT2D eigenvalue weighted by molar-refractivity contribution is -0.136. The lowest BCUT2D eigenvalue weighted by Gasteiger charge is -2.28. The SMILES string of the molecule is CCCCOC(=O)c1ccccc1S(=O)(=O)Oc1ccc(CN(C(=O)C(C)C)C(C)C)cc1. The lowest BCUT2D eigenvalue weighted by atomic mass is 10.1. The first kappa shape index (κ1) is 26.4. The second-order valence-electron chi connectivity index (χ2n) is 8.38. The van der Waals surface area contributed by atoms with E-state index in [0.717, 1.165) is 12.0 Å². The Kier molecular flexibility index (Phi) is 9.46. The molecule has 0 saturated heterocycles. The fourth-order valence-corrected chi connectivity index (χ4v) is 4.23. The molecule has 0 saturated carbocycles. The van der Waals surface area contributed by atoms with Gasteiger partial charge in [0.2, 0.25) is 5.91 Å². The predicted molar refractivity (Wildman–Crippen MR) is 126 cm³/mol. The smallest absolute Gasteiger partial charge is 0.340 e. The molecule has 0 aliphatic rings. The van der Waals surface area contributed by atoms with Gasteiger partial charge in [-0.1, -0.05) is 51.5 Å². The van der Waals surface area contributed by atoms with Crippen LogP contribution >= 0.6 is 0 Å². The highest BCUT2D eigenvalue weighted by molar-refractivity contribution is 7.87. The number of nitrogens with zero attached hydrogens (tertiary/aromatic N) is 1. The maximum Gasteiger partial charge on any atom is 0.340 e. The Morgan fingerprint density at radius 2 is 1.61 bits per heavy atom. The minimum absolute atomic E-state index is 0.0322. The van der Waals surface area contributed by atoms with Gasteiger partial charge in [-0.15, -0.1) is 0 Å². The van der Waals surface area contributed by atoms with Crippen LogP contribution in [0.4, 0.5) is 0 Å². The van der Waals surface area contributed by atoms with Crippen LogP contribution in [0.2, 0.25) is 0 Å². The van der Waals surface area contributed by atoms with E-state index >= 15 is 0 Å². The fourth-order valence-electron chi connectivity index (χ4n) is 3.11. The molecular formula is C25H33NO6S. The van der Waals surface area contributed by atoms with Crippen molar-refractivity contribution in [3.63, 3.8) is 0 Å². The fraction of sp³-hybridized carbons (Fsp3) is 0.440. The number of benzene rings is 2. The van der Waals surface area contributed by atoms with E-state index in [1.807, 2.05) is 34.6 Å². The predicted octanol–water partition coefficient (Wildman–Crippen LogP) is 4.80. The minimum atomic E-state index is -4.26. The second-order valence-corrected chi connectivity index (χ2v) is 9.90. The molecule has 180 valence electrons. The van der Waals surface area contributed by atoms with Crippen LogP contribution < -0.4 is 4.18 Å². The number of rotatable bonds is 11. The normalized spacial score (nSPS) is 11.5. The third-order valence-corrected chi connectivity index (χ3v) is 6.30. The van der Waals surface area contributed by atoms with Crippen LogP contribution in [0.3, 0.4) is 0 Å². The summed E-state index contributed by atoms with van der Waals surface area (Å²) in [6.45, 7) is 10.2. The second kappa shape index (κ2) is 11.8. The first-order chi connectivity index (χ1) is 15.6. The number of hydrogen-bond donors (Lipinski definition) is 0. The average molecular weight is 476 g/mol. The molecule has 1 amide bonds. The molecule has 0 aliphatic carbocycles. The van der Waals surface area contributed by atoms with E-state index in [-0.39, 0.29) is 40.7 Å². The van der Waals surface area contributed by atoms with Crippen LogP contribution in [-0.4, -0.2) is 37.8 Å². The molecule has 8 heteroatoms. The molecular weight excluding hydrogens is 442 g/mol. The van der Waals surface area contributed by atoms with Crippen molar-refractivity contribution in [2.45, 2.75) is 64.9 Å². The number of carbonyl (C=O) groups is 2. The van der Waals surface area contributed by atoms with E-state index in [1.165, 1.54) is 30.3 Å². The summed E-state index contributed by atoms with van der Waals surface area (Å²) in [5.74, 6) is -0.659. The van der Waals surface area contributed by atoms with E-state index < -0.39 is 16.1 Å². The third kappa shape index (κ3) is 7.32. The molecule has 2 rings (SSSR count). The van der Waals surface area contributed by atoms with Gasteiger partial charge in [-0.05, 0) is 50.1 Å². The summed E-state index contributed by atoms with van der Waals surface area (Å²) < 4.78 is 36.2. The van der Waals surface area contributed by atoms with Crippen LogP contribution in [0.15, 0.2) is 53.4 Å². The lowest BCUT2D eigenvalue weighted by Crippen LogP contribution is -2.38. The molecule has 2 aromatic carbocycles. The third-order valence-electron chi connectivity index (χ3n) is 4.99. The number of hydrogen-bond acceptors (Lipinski definition) is 6. The average Bonchev–Trinajstić information content (AvgIpc) is 2.77. The molecule has 0 fully saturated rings. The first-order valence-electron chi connectivity index (χ1n) is 11.2. The van der Waals surface area contributed by atoms with Crippen molar-refractivity contribution in [2.24, 2.45) is 5.92 Å². The Labute approximate surface area is 196 Å². The van der Waals surface area contributed by atoms with E-state index in [0.29, 0.717) is 13.0 Å². The standard InChI is InChI=1S/C25H33NO6S/c1-6-7-16-31-25(28)22-10-8-9-11-23(22)33(29,30)32-21-14-12-20(13-15-21)17-26(19(4)5)24(27)18(2)3/h8-15,18-19H,6-7,16-17H2,1-5H3. The summed E-state index contributed by atoms with van der Waals surface area (Å²) in [5.41, 5.74) is 0.785. The molecule has 0 N–H and O–H groups in total. The number of esters is 1. The number of amides is 1. The molecule has 0 atom stereocenters. The van der Waals surface area contributed by atoms with Crippen LogP contribution in [0.25, 0.3) is 0 Å². The van der Waals surface area contributed by atoms with Gasteiger partial charge in [-0.3, -0.25) is 4.79 Å². The molecule has 0 heterocycles. The summed E-state index contributed by atoms with van der Waals surface area (Å²) in [5, 5.41) is 0. The van der Waals surface area contributed by atoms with Crippen molar-refractivity contribution in [3.05, 3.63) is 59.7 Å². The van der Waals surface area contributed by atoms with Crippen LogP contribution in [-0.2, 0) is 26.2 Å². The van der Waals surface area contributed by atoms with Gasteiger partial charge in [-0.25, -0.2) is 4.79 Å². The van der Waals surface area contributed by atoms with Crippen molar-refractivity contribution in [1.29, 1.82) is 0 Å². The van der Waals surface area contributed by atoms with Crippen LogP contribution in [0, 0.1) is 5.92 Å². The molecule has 0 aliphatic heterocycles. The van der Waals surface area contributed by atoms with Gasteiger partial charge < -0.3 is 13.8 Å². The van der Waals surface area contributed by atoms with E-state index in [4.69, 9.17) is 8.92 Å². The van der Waals surface area contributed by atoms with Gasteiger partial charge in [0.15, 0.2) is 0 Å². The highest BCUT2D eigenvalue weighted by Gasteiger charge is 2.25. The largest absolute Gasteiger partial charge is 0.462 e. The van der Waals surface area contributed by atoms with Crippen molar-refractivity contribution in [3.8, 4) is 5.75 Å². The Hall–Kier alpha value is -2.87. The molecule has 2 aromatic rings. The highest BCUT2D eigenvalue weighted by atomic mass is 32.2. The monoisotopic (exact) mass is 475 g/mol. The Morgan fingerprint density at radius 3 is 2.18 bits per heavy atom. The van der Waals surface area contributed by atoms with Crippen molar-refractivity contribution in [2.75, 3.05) is 6.61 Å². The van der Waals surface area contributed by atoms with Crippen molar-refractivity contribution < 1.29 is 26.9 Å². The summed E-state index contributed by atoms with van der Waals surface area (Å²) in [7, 11) is -4.26. The number of unbranched alkanes of at least 4 members (excludes halogenated alkanes) is 1. The molecule has 33 heavy (non-hydrogen) atoms. The van der Waals surface area contributed by atoms with E-state index in [1.54, 1.807) is 23.1 Å². The summed E-state index contributed by atoms with van der Waals surface area (Å²) in [6, 6.07) is 12.4. The molecule has 0 unspecified atom stereocenters. The van der Waals surface area contributed by atoms with Gasteiger partial charge in [0.05, 0.1) is 12.2 Å². The topological polar surface area (TPSA) is 90.0 Å². The number of carbonyl (C=O) groups excluding carboxylic acids is 2. The van der Waals surface area contributed by atoms with E-state index in [2.05, 4.69) is 0 Å². The zero-order valence-electron chi connectivity index (χ0n) is 19.9. The van der Waals surface area contributed by atoms with Crippen LogP contribution in [0.5, 0.6) is 5.75 Å². The maximum atomic E-state index is 12.9. The van der Waals surface area contributed by atoms with Crippen molar-refractivity contribution in [1.82, 2.24) is 4.90 Å². The van der Waals surface area contributed by atoms with E-state index in [9.17, 15) is 18.0 Å². The van der Waals surface area contributed by atoms with Gasteiger partial charge in [0.25, 0.3) is 0 Å². The van der Waals surface area contributed by atoms with Gasteiger partial charge in [0, 0.05) is 18.5 Å². The molecule has 0 spiro atoms.